The van der Waals surface area contributed by atoms with Crippen LogP contribution in [0.3, 0.4) is 0 Å². The molecule has 1 aliphatic rings. The molecule has 3 aromatic rings. The molecule has 4 rings (SSSR count). The van der Waals surface area contributed by atoms with Crippen LogP contribution in [-0.4, -0.2) is 12.0 Å². The maximum atomic E-state index is 13.4. The molecule has 0 atom stereocenters. The van der Waals surface area contributed by atoms with Gasteiger partial charge in [0.1, 0.15) is 5.41 Å². The SMILES string of the molecule is O=C1c2ccccc2N=CC1(c1ccccc1)c1ccccc1. The first-order valence-corrected chi connectivity index (χ1v) is 7.62. The zero-order valence-electron chi connectivity index (χ0n) is 12.5. The lowest BCUT2D eigenvalue weighted by molar-refractivity contribution is 0.0949. The molecule has 110 valence electrons. The topological polar surface area (TPSA) is 29.4 Å². The molecule has 0 radical (unpaired) electrons. The summed E-state index contributed by atoms with van der Waals surface area (Å²) in [6.45, 7) is 0. The first kappa shape index (κ1) is 13.6. The molecule has 0 amide bonds. The molecule has 0 aliphatic carbocycles. The highest BCUT2D eigenvalue weighted by molar-refractivity contribution is 6.21. The van der Waals surface area contributed by atoms with E-state index in [0.717, 1.165) is 16.8 Å². The maximum absolute atomic E-state index is 13.4. The van der Waals surface area contributed by atoms with Crippen molar-refractivity contribution in [2.75, 3.05) is 0 Å². The highest BCUT2D eigenvalue weighted by Gasteiger charge is 2.43. The van der Waals surface area contributed by atoms with Crippen LogP contribution in [0.4, 0.5) is 5.69 Å². The van der Waals surface area contributed by atoms with Crippen molar-refractivity contribution in [3.63, 3.8) is 0 Å². The summed E-state index contributed by atoms with van der Waals surface area (Å²) in [4.78, 5) is 18.1. The summed E-state index contributed by atoms with van der Waals surface area (Å²) in [5, 5.41) is 0. The van der Waals surface area contributed by atoms with E-state index in [1.807, 2.05) is 84.9 Å². The average molecular weight is 297 g/mol. The summed E-state index contributed by atoms with van der Waals surface area (Å²) < 4.78 is 0. The van der Waals surface area contributed by atoms with Gasteiger partial charge in [0.2, 0.25) is 0 Å². The Morgan fingerprint density at radius 3 is 1.78 bits per heavy atom. The van der Waals surface area contributed by atoms with E-state index in [4.69, 9.17) is 0 Å². The Morgan fingerprint density at radius 1 is 0.652 bits per heavy atom. The number of para-hydroxylation sites is 1. The number of benzene rings is 3. The number of carbonyl (C=O) groups excluding carboxylic acids is 1. The van der Waals surface area contributed by atoms with Crippen LogP contribution < -0.4 is 0 Å². The van der Waals surface area contributed by atoms with E-state index in [1.165, 1.54) is 0 Å². The van der Waals surface area contributed by atoms with Crippen molar-refractivity contribution in [2.24, 2.45) is 4.99 Å². The van der Waals surface area contributed by atoms with Crippen molar-refractivity contribution in [3.8, 4) is 0 Å². The van der Waals surface area contributed by atoms with E-state index in [9.17, 15) is 4.79 Å². The number of Topliss-reactive ketones (excluding diaryl/α,β-unsaturated/α-hetero) is 1. The number of carbonyl (C=O) groups is 1. The molecule has 23 heavy (non-hydrogen) atoms. The molecule has 0 saturated heterocycles. The van der Waals surface area contributed by atoms with Crippen LogP contribution in [0.15, 0.2) is 89.9 Å². The molecule has 2 nitrogen and oxygen atoms in total. The van der Waals surface area contributed by atoms with Gasteiger partial charge in [-0.1, -0.05) is 72.8 Å². The quantitative estimate of drug-likeness (QED) is 0.681. The zero-order valence-corrected chi connectivity index (χ0v) is 12.5. The molecule has 0 N–H and O–H groups in total. The van der Waals surface area contributed by atoms with Crippen molar-refractivity contribution in [1.82, 2.24) is 0 Å². The van der Waals surface area contributed by atoms with E-state index in [2.05, 4.69) is 4.99 Å². The number of hydrogen-bond donors (Lipinski definition) is 0. The molecule has 1 heterocycles. The highest BCUT2D eigenvalue weighted by atomic mass is 16.1. The van der Waals surface area contributed by atoms with Crippen molar-refractivity contribution >= 4 is 17.7 Å². The minimum Gasteiger partial charge on any atom is -0.292 e. The summed E-state index contributed by atoms with van der Waals surface area (Å²) in [5.74, 6) is 0.0699. The first-order chi connectivity index (χ1) is 11.3. The Morgan fingerprint density at radius 2 is 1.17 bits per heavy atom. The lowest BCUT2D eigenvalue weighted by atomic mass is 9.69. The third kappa shape index (κ3) is 2.03. The summed E-state index contributed by atoms with van der Waals surface area (Å²) >= 11 is 0. The Hall–Kier alpha value is -3.00. The van der Waals surface area contributed by atoms with Crippen LogP contribution in [0, 0.1) is 0 Å². The van der Waals surface area contributed by atoms with Crippen LogP contribution >= 0.6 is 0 Å². The number of aliphatic imine (C=N–C) groups is 1. The van der Waals surface area contributed by atoms with E-state index in [-0.39, 0.29) is 5.78 Å². The summed E-state index contributed by atoms with van der Waals surface area (Å²) in [6, 6.07) is 27.2. The fourth-order valence-electron chi connectivity index (χ4n) is 3.20. The van der Waals surface area contributed by atoms with Crippen LogP contribution in [0.25, 0.3) is 0 Å². The highest BCUT2D eigenvalue weighted by Crippen LogP contribution is 2.40. The fraction of sp³-hybridized carbons (Fsp3) is 0.0476. The molecule has 0 saturated carbocycles. The van der Waals surface area contributed by atoms with Gasteiger partial charge in [0.25, 0.3) is 0 Å². The van der Waals surface area contributed by atoms with Crippen molar-refractivity contribution in [3.05, 3.63) is 102 Å². The van der Waals surface area contributed by atoms with Gasteiger partial charge in [-0.05, 0) is 23.3 Å². The van der Waals surface area contributed by atoms with E-state index in [1.54, 1.807) is 6.21 Å². The third-order valence-electron chi connectivity index (χ3n) is 4.36. The van der Waals surface area contributed by atoms with Crippen LogP contribution in [-0.2, 0) is 5.41 Å². The smallest absolute Gasteiger partial charge is 0.185 e. The molecule has 2 heteroatoms. The van der Waals surface area contributed by atoms with Gasteiger partial charge >= 0.3 is 0 Å². The summed E-state index contributed by atoms with van der Waals surface area (Å²) in [7, 11) is 0. The monoisotopic (exact) mass is 297 g/mol. The van der Waals surface area contributed by atoms with E-state index < -0.39 is 5.41 Å². The molecular formula is C21H15NO. The van der Waals surface area contributed by atoms with Crippen molar-refractivity contribution < 1.29 is 4.79 Å². The Bertz CT molecular complexity index is 842. The lowest BCUT2D eigenvalue weighted by Crippen LogP contribution is -2.40. The number of nitrogens with zero attached hydrogens (tertiary/aromatic N) is 1. The molecule has 0 bridgehead atoms. The maximum Gasteiger partial charge on any atom is 0.185 e. The van der Waals surface area contributed by atoms with Gasteiger partial charge in [0.05, 0.1) is 5.69 Å². The Balaban J connectivity index is 2.02. The number of hydrogen-bond acceptors (Lipinski definition) is 2. The second kappa shape index (κ2) is 5.33. The van der Waals surface area contributed by atoms with Crippen LogP contribution in [0.5, 0.6) is 0 Å². The first-order valence-electron chi connectivity index (χ1n) is 7.62. The molecule has 0 fully saturated rings. The van der Waals surface area contributed by atoms with E-state index >= 15 is 0 Å². The van der Waals surface area contributed by atoms with Gasteiger partial charge in [-0.3, -0.25) is 9.79 Å². The Labute approximate surface area is 135 Å². The predicted molar refractivity (Wildman–Crippen MR) is 92.6 cm³/mol. The minimum atomic E-state index is -0.864. The van der Waals surface area contributed by atoms with Crippen LogP contribution in [0.1, 0.15) is 21.5 Å². The normalized spacial score (nSPS) is 15.2. The summed E-state index contributed by atoms with van der Waals surface area (Å²) in [5.41, 5.74) is 2.42. The molecule has 1 aliphatic heterocycles. The minimum absolute atomic E-state index is 0.0699. The summed E-state index contributed by atoms with van der Waals surface area (Å²) in [6.07, 6.45) is 1.79. The van der Waals surface area contributed by atoms with Crippen molar-refractivity contribution in [1.29, 1.82) is 0 Å². The van der Waals surface area contributed by atoms with Gasteiger partial charge < -0.3 is 0 Å². The third-order valence-corrected chi connectivity index (χ3v) is 4.36. The standard InChI is InChI=1S/C21H15NO/c23-20-18-13-7-8-14-19(18)22-15-21(20,16-9-3-1-4-10-16)17-11-5-2-6-12-17/h1-15H. The van der Waals surface area contributed by atoms with Gasteiger partial charge in [-0.25, -0.2) is 0 Å². The molecular weight excluding hydrogens is 282 g/mol. The molecule has 0 spiro atoms. The van der Waals surface area contributed by atoms with E-state index in [0.29, 0.717) is 5.56 Å². The number of fused-ring (bicyclic) bond motifs is 1. The predicted octanol–water partition coefficient (Wildman–Crippen LogP) is 4.57. The van der Waals surface area contributed by atoms with Gasteiger partial charge in [0, 0.05) is 11.8 Å². The number of rotatable bonds is 2. The average Bonchev–Trinajstić information content (AvgIpc) is 2.64. The van der Waals surface area contributed by atoms with Crippen molar-refractivity contribution in [2.45, 2.75) is 5.41 Å². The fourth-order valence-corrected chi connectivity index (χ4v) is 3.20. The van der Waals surface area contributed by atoms with Crippen LogP contribution in [0.2, 0.25) is 0 Å². The molecule has 0 unspecified atom stereocenters. The second-order valence-corrected chi connectivity index (χ2v) is 5.64. The largest absolute Gasteiger partial charge is 0.292 e. The van der Waals surface area contributed by atoms with Gasteiger partial charge in [-0.15, -0.1) is 0 Å². The lowest BCUT2D eigenvalue weighted by Gasteiger charge is -2.32. The second-order valence-electron chi connectivity index (χ2n) is 5.64. The Kier molecular flexibility index (Phi) is 3.16. The zero-order chi connectivity index (χ0) is 15.7. The van der Waals surface area contributed by atoms with Gasteiger partial charge in [0.15, 0.2) is 5.78 Å². The van der Waals surface area contributed by atoms with Gasteiger partial charge in [-0.2, -0.15) is 0 Å². The molecule has 3 aromatic carbocycles. The number of ketones is 1. The molecule has 0 aromatic heterocycles.